The summed E-state index contributed by atoms with van der Waals surface area (Å²) in [7, 11) is -3.54. The van der Waals surface area contributed by atoms with Crippen molar-refractivity contribution in [2.24, 2.45) is 0 Å². The van der Waals surface area contributed by atoms with E-state index in [1.165, 1.54) is 31.7 Å². The van der Waals surface area contributed by atoms with E-state index in [4.69, 9.17) is 0 Å². The summed E-state index contributed by atoms with van der Waals surface area (Å²) < 4.78 is 27.5. The molecule has 6 nitrogen and oxygen atoms in total. The Labute approximate surface area is 175 Å². The first-order valence-electron chi connectivity index (χ1n) is 11.2. The van der Waals surface area contributed by atoms with Crippen LogP contribution in [0, 0.1) is 0 Å². The molecule has 1 amide bonds. The van der Waals surface area contributed by atoms with E-state index in [1.807, 2.05) is 0 Å². The molecular weight excluding hydrogens is 386 g/mol. The summed E-state index contributed by atoms with van der Waals surface area (Å²) in [5.74, 6) is -0.200. The van der Waals surface area contributed by atoms with Gasteiger partial charge in [0.15, 0.2) is 0 Å². The van der Waals surface area contributed by atoms with E-state index in [-0.39, 0.29) is 10.8 Å². The number of likely N-dealkylation sites (tertiary alicyclic amines) is 1. The minimum atomic E-state index is -3.54. The van der Waals surface area contributed by atoms with Crippen LogP contribution < -0.4 is 5.32 Å². The predicted molar refractivity (Wildman–Crippen MR) is 116 cm³/mol. The molecule has 1 aromatic rings. The molecule has 0 unspecified atom stereocenters. The van der Waals surface area contributed by atoms with E-state index in [0.29, 0.717) is 25.2 Å². The summed E-state index contributed by atoms with van der Waals surface area (Å²) in [6.45, 7) is 5.06. The molecule has 1 N–H and O–H groups in total. The summed E-state index contributed by atoms with van der Waals surface area (Å²) in [6, 6.07) is 6.46. The average Bonchev–Trinajstić information content (AvgIpc) is 3.17. The topological polar surface area (TPSA) is 69.7 Å². The fraction of sp³-hybridized carbons (Fsp3) is 0.682. The molecule has 0 atom stereocenters. The van der Waals surface area contributed by atoms with Gasteiger partial charge in [-0.1, -0.05) is 31.7 Å². The Kier molecular flexibility index (Phi) is 8.51. The van der Waals surface area contributed by atoms with Crippen LogP contribution in [0.15, 0.2) is 29.2 Å². The Morgan fingerprint density at radius 2 is 1.52 bits per heavy atom. The van der Waals surface area contributed by atoms with Crippen molar-refractivity contribution in [1.29, 1.82) is 0 Å². The Balaban J connectivity index is 1.53. The van der Waals surface area contributed by atoms with Gasteiger partial charge in [-0.25, -0.2) is 8.42 Å². The number of nitrogens with one attached hydrogen (secondary N) is 1. The second kappa shape index (κ2) is 11.1. The molecule has 0 aliphatic carbocycles. The first kappa shape index (κ1) is 22.2. The fourth-order valence-electron chi connectivity index (χ4n) is 4.20. The van der Waals surface area contributed by atoms with E-state index in [1.54, 1.807) is 22.5 Å². The summed E-state index contributed by atoms with van der Waals surface area (Å²) in [5, 5.41) is 2.95. The van der Waals surface area contributed by atoms with Gasteiger partial charge in [0.2, 0.25) is 10.0 Å². The maximum atomic E-state index is 13.0. The number of hydrogen-bond acceptors (Lipinski definition) is 4. The van der Waals surface area contributed by atoms with E-state index in [9.17, 15) is 13.2 Å². The minimum Gasteiger partial charge on any atom is -0.352 e. The van der Waals surface area contributed by atoms with Gasteiger partial charge >= 0.3 is 0 Å². The van der Waals surface area contributed by atoms with E-state index < -0.39 is 10.0 Å². The van der Waals surface area contributed by atoms with Crippen molar-refractivity contribution >= 4 is 15.9 Å². The molecule has 0 radical (unpaired) electrons. The van der Waals surface area contributed by atoms with Gasteiger partial charge in [-0.3, -0.25) is 4.79 Å². The van der Waals surface area contributed by atoms with Gasteiger partial charge in [0.1, 0.15) is 0 Å². The normalized spacial score (nSPS) is 20.0. The molecular formula is C22H35N3O3S. The standard InChI is InChI=1S/C22H35N3O3S/c26-22(23-13-10-16-24-14-5-1-2-6-15-24)20-11-9-12-21(19-20)29(27,28)25-17-7-3-4-8-18-25/h9,11-12,19H,1-8,10,13-18H2,(H,23,26). The summed E-state index contributed by atoms with van der Waals surface area (Å²) in [6.07, 6.45) is 10.0. The molecule has 2 aliphatic heterocycles. The van der Waals surface area contributed by atoms with Crippen LogP contribution >= 0.6 is 0 Å². The van der Waals surface area contributed by atoms with E-state index in [0.717, 1.165) is 51.7 Å². The predicted octanol–water partition coefficient (Wildman–Crippen LogP) is 3.25. The Morgan fingerprint density at radius 3 is 2.17 bits per heavy atom. The smallest absolute Gasteiger partial charge is 0.251 e. The lowest BCUT2D eigenvalue weighted by molar-refractivity contribution is 0.0951. The van der Waals surface area contributed by atoms with Crippen molar-refractivity contribution in [2.45, 2.75) is 62.7 Å². The van der Waals surface area contributed by atoms with Crippen LogP contribution in [0.5, 0.6) is 0 Å². The molecule has 2 heterocycles. The molecule has 29 heavy (non-hydrogen) atoms. The van der Waals surface area contributed by atoms with Gasteiger partial charge in [-0.2, -0.15) is 4.31 Å². The van der Waals surface area contributed by atoms with Crippen molar-refractivity contribution in [2.75, 3.05) is 39.3 Å². The highest BCUT2D eigenvalue weighted by Crippen LogP contribution is 2.21. The first-order chi connectivity index (χ1) is 14.1. The quantitative estimate of drug-likeness (QED) is 0.686. The number of amides is 1. The molecule has 2 saturated heterocycles. The van der Waals surface area contributed by atoms with Gasteiger partial charge in [0, 0.05) is 25.2 Å². The summed E-state index contributed by atoms with van der Waals surface area (Å²) in [5.41, 5.74) is 0.413. The van der Waals surface area contributed by atoms with Gasteiger partial charge in [-0.05, 0) is 69.9 Å². The van der Waals surface area contributed by atoms with E-state index >= 15 is 0 Å². The first-order valence-corrected chi connectivity index (χ1v) is 12.6. The molecule has 0 spiro atoms. The second-order valence-electron chi connectivity index (χ2n) is 8.21. The number of sulfonamides is 1. The van der Waals surface area contributed by atoms with Gasteiger partial charge in [-0.15, -0.1) is 0 Å². The van der Waals surface area contributed by atoms with Crippen LogP contribution in [0.3, 0.4) is 0 Å². The van der Waals surface area contributed by atoms with Crippen LogP contribution in [0.4, 0.5) is 0 Å². The zero-order valence-corrected chi connectivity index (χ0v) is 18.3. The Hall–Kier alpha value is -1.44. The Bertz CT molecular complexity index is 750. The van der Waals surface area contributed by atoms with Crippen LogP contribution in [0.25, 0.3) is 0 Å². The monoisotopic (exact) mass is 421 g/mol. The number of carbonyl (C=O) groups excluding carboxylic acids is 1. The van der Waals surface area contributed by atoms with Gasteiger partial charge in [0.25, 0.3) is 5.91 Å². The highest BCUT2D eigenvalue weighted by Gasteiger charge is 2.25. The van der Waals surface area contributed by atoms with Crippen molar-refractivity contribution in [3.05, 3.63) is 29.8 Å². The van der Waals surface area contributed by atoms with Crippen LogP contribution in [0.2, 0.25) is 0 Å². The maximum absolute atomic E-state index is 13.0. The summed E-state index contributed by atoms with van der Waals surface area (Å²) in [4.78, 5) is 15.2. The molecule has 1 aromatic carbocycles. The number of nitrogens with zero attached hydrogens (tertiary/aromatic N) is 2. The third-order valence-corrected chi connectivity index (χ3v) is 7.83. The molecule has 7 heteroatoms. The second-order valence-corrected chi connectivity index (χ2v) is 10.1. The van der Waals surface area contributed by atoms with Crippen molar-refractivity contribution in [3.63, 3.8) is 0 Å². The van der Waals surface area contributed by atoms with Crippen LogP contribution in [0.1, 0.15) is 68.1 Å². The molecule has 162 valence electrons. The van der Waals surface area contributed by atoms with Crippen LogP contribution in [-0.2, 0) is 10.0 Å². The van der Waals surface area contributed by atoms with Crippen LogP contribution in [-0.4, -0.2) is 62.8 Å². The molecule has 2 fully saturated rings. The number of rotatable bonds is 7. The lowest BCUT2D eigenvalue weighted by atomic mass is 10.2. The zero-order valence-electron chi connectivity index (χ0n) is 17.4. The Morgan fingerprint density at radius 1 is 0.897 bits per heavy atom. The summed E-state index contributed by atoms with van der Waals surface area (Å²) >= 11 is 0. The molecule has 2 aliphatic rings. The fourth-order valence-corrected chi connectivity index (χ4v) is 5.76. The van der Waals surface area contributed by atoms with Gasteiger partial charge < -0.3 is 10.2 Å². The van der Waals surface area contributed by atoms with Crippen molar-refractivity contribution in [1.82, 2.24) is 14.5 Å². The highest BCUT2D eigenvalue weighted by atomic mass is 32.2. The average molecular weight is 422 g/mol. The number of benzene rings is 1. The lowest BCUT2D eigenvalue weighted by Crippen LogP contribution is -2.32. The van der Waals surface area contributed by atoms with Gasteiger partial charge in [0.05, 0.1) is 4.90 Å². The molecule has 3 rings (SSSR count). The number of hydrogen-bond donors (Lipinski definition) is 1. The molecule has 0 aromatic heterocycles. The van der Waals surface area contributed by atoms with Crippen molar-refractivity contribution < 1.29 is 13.2 Å². The number of carbonyl (C=O) groups is 1. The minimum absolute atomic E-state index is 0.200. The third kappa shape index (κ3) is 6.52. The molecule has 0 bridgehead atoms. The highest BCUT2D eigenvalue weighted by molar-refractivity contribution is 7.89. The maximum Gasteiger partial charge on any atom is 0.251 e. The lowest BCUT2D eigenvalue weighted by Gasteiger charge is -2.20. The van der Waals surface area contributed by atoms with E-state index in [2.05, 4.69) is 10.2 Å². The zero-order chi connectivity index (χ0) is 20.5. The third-order valence-electron chi connectivity index (χ3n) is 5.93. The van der Waals surface area contributed by atoms with Crippen molar-refractivity contribution in [3.8, 4) is 0 Å². The largest absolute Gasteiger partial charge is 0.352 e. The molecule has 0 saturated carbocycles. The SMILES string of the molecule is O=C(NCCCN1CCCCCC1)c1cccc(S(=O)(=O)N2CCCCCC2)c1.